The number of sulfonamides is 1. The molecule has 2 amide bonds. The number of nitrogens with one attached hydrogen (secondary N) is 3. The van der Waals surface area contributed by atoms with E-state index in [0.29, 0.717) is 17.3 Å². The van der Waals surface area contributed by atoms with Crippen LogP contribution in [0, 0.1) is 5.92 Å². The van der Waals surface area contributed by atoms with Crippen LogP contribution < -0.4 is 15.4 Å². The summed E-state index contributed by atoms with van der Waals surface area (Å²) >= 11 is 0. The lowest BCUT2D eigenvalue weighted by Gasteiger charge is -2.20. The fraction of sp³-hybridized carbons (Fsp3) is 0.364. The van der Waals surface area contributed by atoms with E-state index in [4.69, 9.17) is 0 Å². The number of hydrogen-bond acceptors (Lipinski definition) is 4. The van der Waals surface area contributed by atoms with Gasteiger partial charge in [-0.25, -0.2) is 8.42 Å². The van der Waals surface area contributed by atoms with Crippen molar-refractivity contribution in [2.45, 2.75) is 49.8 Å². The molecule has 0 aromatic heterocycles. The molecule has 7 nitrogen and oxygen atoms in total. The molecule has 2 aromatic carbocycles. The molecule has 0 saturated heterocycles. The Balaban J connectivity index is 1.62. The number of rotatable bonds is 8. The average Bonchev–Trinajstić information content (AvgIpc) is 3.59. The molecular formula is C22H24F3N3O4S. The van der Waals surface area contributed by atoms with E-state index in [2.05, 4.69) is 10.6 Å². The summed E-state index contributed by atoms with van der Waals surface area (Å²) in [5.41, 5.74) is 0.0104. The Kier molecular flexibility index (Phi) is 7.13. The second-order valence-electron chi connectivity index (χ2n) is 7.95. The summed E-state index contributed by atoms with van der Waals surface area (Å²) in [4.78, 5) is 23.4. The summed E-state index contributed by atoms with van der Waals surface area (Å²) in [6.45, 7) is 2.92. The Morgan fingerprint density at radius 3 is 2.18 bits per heavy atom. The Morgan fingerprint density at radius 1 is 1.00 bits per heavy atom. The Hall–Kier alpha value is -2.92. The highest BCUT2D eigenvalue weighted by atomic mass is 32.2. The molecule has 0 aliphatic heterocycles. The fourth-order valence-electron chi connectivity index (χ4n) is 3.15. The van der Waals surface area contributed by atoms with Crippen LogP contribution in [-0.2, 0) is 25.8 Å². The molecule has 33 heavy (non-hydrogen) atoms. The zero-order chi connectivity index (χ0) is 24.4. The number of hydrogen-bond donors (Lipinski definition) is 3. The molecule has 3 rings (SSSR count). The zero-order valence-electron chi connectivity index (χ0n) is 17.9. The van der Waals surface area contributed by atoms with Crippen molar-refractivity contribution in [1.29, 1.82) is 0 Å². The van der Waals surface area contributed by atoms with Crippen LogP contribution in [0.1, 0.15) is 43.9 Å². The minimum Gasteiger partial charge on any atom is -0.348 e. The maximum Gasteiger partial charge on any atom is 0.417 e. The van der Waals surface area contributed by atoms with Crippen molar-refractivity contribution >= 4 is 27.5 Å². The van der Waals surface area contributed by atoms with Crippen LogP contribution in [0.15, 0.2) is 53.4 Å². The van der Waals surface area contributed by atoms with Gasteiger partial charge in [-0.3, -0.25) is 9.59 Å². The first kappa shape index (κ1) is 24.7. The summed E-state index contributed by atoms with van der Waals surface area (Å²) in [6, 6.07) is 8.73. The number of anilines is 1. The van der Waals surface area contributed by atoms with Crippen LogP contribution in [0.4, 0.5) is 18.9 Å². The molecule has 11 heteroatoms. The molecule has 2 atom stereocenters. The van der Waals surface area contributed by atoms with Crippen molar-refractivity contribution < 1.29 is 31.2 Å². The van der Waals surface area contributed by atoms with Crippen LogP contribution in [0.5, 0.6) is 0 Å². The SMILES string of the molecule is CC(NC(=O)[C@H](C)NS(=O)(=O)c1ccccc1C(F)(F)F)c1ccc(NC(=O)C2CC2)cc1. The summed E-state index contributed by atoms with van der Waals surface area (Å²) < 4.78 is 66.6. The maximum absolute atomic E-state index is 13.2. The number of halogens is 3. The normalized spacial score (nSPS) is 16.0. The highest BCUT2D eigenvalue weighted by molar-refractivity contribution is 7.89. The standard InChI is InChI=1S/C22H24F3N3O4S/c1-13(15-9-11-17(12-10-15)27-21(30)16-7-8-16)26-20(29)14(2)28-33(31,32)19-6-4-3-5-18(19)22(23,24)25/h3-6,9-14,16,28H,7-8H2,1-2H3,(H,26,29)(H,27,30)/t13?,14-/m0/s1. The van der Waals surface area contributed by atoms with Crippen LogP contribution in [0.3, 0.4) is 0 Å². The van der Waals surface area contributed by atoms with Gasteiger partial charge in [-0.1, -0.05) is 24.3 Å². The fourth-order valence-corrected chi connectivity index (χ4v) is 4.58. The maximum atomic E-state index is 13.2. The molecule has 2 aromatic rings. The predicted octanol–water partition coefficient (Wildman–Crippen LogP) is 3.60. The minimum absolute atomic E-state index is 0.0303. The number of carbonyl (C=O) groups is 2. The number of benzene rings is 2. The van der Waals surface area contributed by atoms with E-state index >= 15 is 0 Å². The molecule has 1 fully saturated rings. The van der Waals surface area contributed by atoms with E-state index in [9.17, 15) is 31.2 Å². The second-order valence-corrected chi connectivity index (χ2v) is 9.64. The summed E-state index contributed by atoms with van der Waals surface area (Å²) in [7, 11) is -4.61. The molecule has 1 aliphatic carbocycles. The molecule has 0 spiro atoms. The number of amides is 2. The quantitative estimate of drug-likeness (QED) is 0.534. The Bertz CT molecular complexity index is 1130. The van der Waals surface area contributed by atoms with Gasteiger partial charge in [0.25, 0.3) is 0 Å². The van der Waals surface area contributed by atoms with Crippen molar-refractivity contribution in [3.05, 3.63) is 59.7 Å². The summed E-state index contributed by atoms with van der Waals surface area (Å²) in [6.07, 6.45) is -3.09. The third kappa shape index (κ3) is 6.32. The number of carbonyl (C=O) groups excluding carboxylic acids is 2. The van der Waals surface area contributed by atoms with E-state index in [1.165, 1.54) is 13.0 Å². The van der Waals surface area contributed by atoms with E-state index in [1.807, 2.05) is 4.72 Å². The van der Waals surface area contributed by atoms with Gasteiger partial charge in [-0.2, -0.15) is 17.9 Å². The van der Waals surface area contributed by atoms with Gasteiger partial charge in [0.15, 0.2) is 0 Å². The smallest absolute Gasteiger partial charge is 0.348 e. The zero-order valence-corrected chi connectivity index (χ0v) is 18.8. The van der Waals surface area contributed by atoms with E-state index in [0.717, 1.165) is 25.0 Å². The number of alkyl halides is 3. The third-order valence-electron chi connectivity index (χ3n) is 5.19. The van der Waals surface area contributed by atoms with Crippen LogP contribution in [0.25, 0.3) is 0 Å². The van der Waals surface area contributed by atoms with Gasteiger partial charge in [-0.05, 0) is 56.5 Å². The lowest BCUT2D eigenvalue weighted by Crippen LogP contribution is -2.45. The van der Waals surface area contributed by atoms with Gasteiger partial charge in [0, 0.05) is 11.6 Å². The highest BCUT2D eigenvalue weighted by Crippen LogP contribution is 2.34. The third-order valence-corrected chi connectivity index (χ3v) is 6.79. The first-order valence-corrected chi connectivity index (χ1v) is 11.8. The van der Waals surface area contributed by atoms with E-state index in [1.54, 1.807) is 31.2 Å². The van der Waals surface area contributed by atoms with Crippen LogP contribution in [0.2, 0.25) is 0 Å². The van der Waals surface area contributed by atoms with E-state index < -0.39 is 44.6 Å². The topological polar surface area (TPSA) is 104 Å². The molecular weight excluding hydrogens is 459 g/mol. The molecule has 0 heterocycles. The molecule has 0 bridgehead atoms. The molecule has 178 valence electrons. The minimum atomic E-state index is -4.87. The molecule has 1 unspecified atom stereocenters. The van der Waals surface area contributed by atoms with Gasteiger partial charge >= 0.3 is 6.18 Å². The summed E-state index contributed by atoms with van der Waals surface area (Å²) in [5, 5.41) is 5.43. The second kappa shape index (κ2) is 9.52. The van der Waals surface area contributed by atoms with E-state index in [-0.39, 0.29) is 11.8 Å². The largest absolute Gasteiger partial charge is 0.417 e. The summed E-state index contributed by atoms with van der Waals surface area (Å²) in [5.74, 6) is -0.671. The first-order valence-electron chi connectivity index (χ1n) is 10.3. The van der Waals surface area contributed by atoms with Crippen molar-refractivity contribution in [3.63, 3.8) is 0 Å². The van der Waals surface area contributed by atoms with Gasteiger partial charge in [-0.15, -0.1) is 0 Å². The molecule has 1 saturated carbocycles. The first-order chi connectivity index (χ1) is 15.4. The van der Waals surface area contributed by atoms with Crippen molar-refractivity contribution in [2.75, 3.05) is 5.32 Å². The molecule has 3 N–H and O–H groups in total. The molecule has 0 radical (unpaired) electrons. The van der Waals surface area contributed by atoms with Gasteiger partial charge < -0.3 is 10.6 Å². The van der Waals surface area contributed by atoms with Gasteiger partial charge in [0.05, 0.1) is 22.5 Å². The predicted molar refractivity (Wildman–Crippen MR) is 116 cm³/mol. The Morgan fingerprint density at radius 2 is 1.61 bits per heavy atom. The van der Waals surface area contributed by atoms with Crippen LogP contribution >= 0.6 is 0 Å². The van der Waals surface area contributed by atoms with Crippen molar-refractivity contribution in [1.82, 2.24) is 10.0 Å². The lowest BCUT2D eigenvalue weighted by atomic mass is 10.1. The van der Waals surface area contributed by atoms with Crippen LogP contribution in [-0.4, -0.2) is 26.3 Å². The lowest BCUT2D eigenvalue weighted by molar-refractivity contribution is -0.139. The van der Waals surface area contributed by atoms with Gasteiger partial charge in [0.2, 0.25) is 21.8 Å². The molecule has 1 aliphatic rings. The van der Waals surface area contributed by atoms with Crippen molar-refractivity contribution in [3.8, 4) is 0 Å². The Labute approximate surface area is 189 Å². The average molecular weight is 484 g/mol. The van der Waals surface area contributed by atoms with Gasteiger partial charge in [0.1, 0.15) is 0 Å². The monoisotopic (exact) mass is 483 g/mol. The highest BCUT2D eigenvalue weighted by Gasteiger charge is 2.37. The van der Waals surface area contributed by atoms with Crippen molar-refractivity contribution in [2.24, 2.45) is 5.92 Å².